The van der Waals surface area contributed by atoms with Crippen LogP contribution in [-0.2, 0) is 12.8 Å². The Kier molecular flexibility index (Phi) is 6.40. The molecule has 0 heterocycles. The Hall–Kier alpha value is -2.08. The second kappa shape index (κ2) is 8.53. The van der Waals surface area contributed by atoms with Crippen LogP contribution < -0.4 is 16.8 Å². The molecule has 0 spiro atoms. The monoisotopic (exact) mass is 315 g/mol. The van der Waals surface area contributed by atoms with Gasteiger partial charge >= 0.3 is 0 Å². The Balaban J connectivity index is 1.79. The Bertz CT molecular complexity index is 584. The Morgan fingerprint density at radius 1 is 0.826 bits per heavy atom. The van der Waals surface area contributed by atoms with E-state index >= 15 is 0 Å². The normalized spacial score (nSPS) is 13.7. The fourth-order valence-electron chi connectivity index (χ4n) is 2.48. The maximum Gasteiger partial charge on any atom is 0.115 e. The van der Waals surface area contributed by atoms with Gasteiger partial charge in [-0.2, -0.15) is 0 Å². The van der Waals surface area contributed by atoms with E-state index in [4.69, 9.17) is 11.5 Å². The molecule has 2 aromatic rings. The van der Waals surface area contributed by atoms with Gasteiger partial charge in [-0.05, 0) is 48.2 Å². The first kappa shape index (κ1) is 17.3. The molecule has 0 saturated heterocycles. The molecule has 0 unspecified atom stereocenters. The van der Waals surface area contributed by atoms with Gasteiger partial charge in [0.25, 0.3) is 0 Å². The number of nitrogens with one attached hydrogen (secondary N) is 1. The number of aromatic hydroxyl groups is 2. The zero-order valence-electron chi connectivity index (χ0n) is 13.2. The van der Waals surface area contributed by atoms with Gasteiger partial charge in [0.2, 0.25) is 0 Å². The van der Waals surface area contributed by atoms with Gasteiger partial charge in [0, 0.05) is 25.2 Å². The molecule has 7 N–H and O–H groups in total. The Morgan fingerprint density at radius 2 is 1.30 bits per heavy atom. The van der Waals surface area contributed by atoms with Crippen LogP contribution in [-0.4, -0.2) is 35.4 Å². The molecule has 0 aliphatic carbocycles. The van der Waals surface area contributed by atoms with E-state index in [9.17, 15) is 10.2 Å². The molecule has 0 saturated carbocycles. The fraction of sp³-hybridized carbons (Fsp3) is 0.333. The summed E-state index contributed by atoms with van der Waals surface area (Å²) in [5, 5.41) is 22.0. The number of rotatable bonds is 8. The minimum absolute atomic E-state index is 0.0200. The number of hydrogen-bond donors (Lipinski definition) is 5. The van der Waals surface area contributed by atoms with Crippen LogP contribution in [0.3, 0.4) is 0 Å². The Morgan fingerprint density at radius 3 is 1.78 bits per heavy atom. The van der Waals surface area contributed by atoms with Gasteiger partial charge in [-0.3, -0.25) is 0 Å². The maximum atomic E-state index is 9.31. The lowest BCUT2D eigenvalue weighted by Gasteiger charge is -2.20. The highest BCUT2D eigenvalue weighted by molar-refractivity contribution is 5.27. The van der Waals surface area contributed by atoms with Gasteiger partial charge in [0.15, 0.2) is 0 Å². The lowest BCUT2D eigenvalue weighted by atomic mass is 10.0. The molecule has 0 radical (unpaired) electrons. The Labute approximate surface area is 136 Å². The van der Waals surface area contributed by atoms with Crippen LogP contribution >= 0.6 is 0 Å². The molecule has 0 fully saturated rings. The van der Waals surface area contributed by atoms with Crippen LogP contribution in [0.4, 0.5) is 0 Å². The van der Waals surface area contributed by atoms with Crippen LogP contribution in [0.5, 0.6) is 11.5 Å². The summed E-state index contributed by atoms with van der Waals surface area (Å²) < 4.78 is 0. The van der Waals surface area contributed by atoms with Gasteiger partial charge in [-0.1, -0.05) is 24.3 Å². The van der Waals surface area contributed by atoms with Crippen LogP contribution in [0.25, 0.3) is 0 Å². The highest BCUT2D eigenvalue weighted by atomic mass is 16.3. The van der Waals surface area contributed by atoms with Gasteiger partial charge in [-0.25, -0.2) is 0 Å². The number of phenols is 2. The molecule has 0 bridgehead atoms. The van der Waals surface area contributed by atoms with Gasteiger partial charge in [0.1, 0.15) is 11.5 Å². The molecule has 124 valence electrons. The molecular formula is C18H25N3O2. The molecule has 23 heavy (non-hydrogen) atoms. The molecule has 2 atom stereocenters. The third-order valence-corrected chi connectivity index (χ3v) is 3.81. The SMILES string of the molecule is NC[C@@H](Cc1ccc(O)cc1)NC[C@H](N)Cc1ccc(O)cc1. The number of benzene rings is 2. The van der Waals surface area contributed by atoms with Crippen molar-refractivity contribution in [3.63, 3.8) is 0 Å². The summed E-state index contributed by atoms with van der Waals surface area (Å²) in [5.41, 5.74) is 14.2. The van der Waals surface area contributed by atoms with Crippen molar-refractivity contribution < 1.29 is 10.2 Å². The van der Waals surface area contributed by atoms with E-state index in [2.05, 4.69) is 5.32 Å². The molecule has 0 aromatic heterocycles. The van der Waals surface area contributed by atoms with Crippen molar-refractivity contribution in [1.82, 2.24) is 5.32 Å². The molecular weight excluding hydrogens is 290 g/mol. The van der Waals surface area contributed by atoms with Crippen molar-refractivity contribution in [2.45, 2.75) is 24.9 Å². The largest absolute Gasteiger partial charge is 0.508 e. The molecule has 2 aromatic carbocycles. The third kappa shape index (κ3) is 5.90. The first-order chi connectivity index (χ1) is 11.1. The van der Waals surface area contributed by atoms with E-state index in [1.54, 1.807) is 24.3 Å². The summed E-state index contributed by atoms with van der Waals surface area (Å²) in [5.74, 6) is 0.527. The quantitative estimate of drug-likeness (QED) is 0.502. The highest BCUT2D eigenvalue weighted by Gasteiger charge is 2.10. The smallest absolute Gasteiger partial charge is 0.115 e. The van der Waals surface area contributed by atoms with E-state index in [1.807, 2.05) is 24.3 Å². The number of phenolic OH excluding ortho intramolecular Hbond substituents is 2. The van der Waals surface area contributed by atoms with Crippen LogP contribution in [0.2, 0.25) is 0 Å². The van der Waals surface area contributed by atoms with Gasteiger partial charge in [0.05, 0.1) is 0 Å². The fourth-order valence-corrected chi connectivity index (χ4v) is 2.48. The summed E-state index contributed by atoms with van der Waals surface area (Å²) in [4.78, 5) is 0. The third-order valence-electron chi connectivity index (χ3n) is 3.81. The zero-order chi connectivity index (χ0) is 16.7. The minimum atomic E-state index is -0.0200. The van der Waals surface area contributed by atoms with E-state index in [-0.39, 0.29) is 23.6 Å². The molecule has 5 heteroatoms. The molecule has 5 nitrogen and oxygen atoms in total. The van der Waals surface area contributed by atoms with E-state index in [1.165, 1.54) is 0 Å². The summed E-state index contributed by atoms with van der Waals surface area (Å²) >= 11 is 0. The van der Waals surface area contributed by atoms with Gasteiger partial charge in [-0.15, -0.1) is 0 Å². The maximum absolute atomic E-state index is 9.31. The summed E-state index contributed by atoms with van der Waals surface area (Å²) in [7, 11) is 0. The van der Waals surface area contributed by atoms with Crippen LogP contribution in [0, 0.1) is 0 Å². The highest BCUT2D eigenvalue weighted by Crippen LogP contribution is 2.12. The van der Waals surface area contributed by atoms with Crippen molar-refractivity contribution in [1.29, 1.82) is 0 Å². The van der Waals surface area contributed by atoms with Gasteiger partial charge < -0.3 is 27.0 Å². The second-order valence-corrected chi connectivity index (χ2v) is 5.84. The summed E-state index contributed by atoms with van der Waals surface area (Å²) in [6, 6.07) is 14.4. The van der Waals surface area contributed by atoms with E-state index in [0.717, 1.165) is 24.0 Å². The first-order valence-corrected chi connectivity index (χ1v) is 7.81. The summed E-state index contributed by atoms with van der Waals surface area (Å²) in [6.45, 7) is 1.19. The molecule has 2 rings (SSSR count). The van der Waals surface area contributed by atoms with Crippen molar-refractivity contribution in [3.8, 4) is 11.5 Å². The standard InChI is InChI=1S/C18H25N3O2/c19-11-16(10-14-3-7-18(23)8-4-14)21-12-15(20)9-13-1-5-17(22)6-2-13/h1-8,15-16,21-23H,9-12,19-20H2/t15-,16-/m1/s1. The summed E-state index contributed by atoms with van der Waals surface area (Å²) in [6.07, 6.45) is 1.53. The van der Waals surface area contributed by atoms with Crippen molar-refractivity contribution >= 4 is 0 Å². The average Bonchev–Trinajstić information content (AvgIpc) is 2.55. The topological polar surface area (TPSA) is 105 Å². The van der Waals surface area contributed by atoms with Crippen LogP contribution in [0.1, 0.15) is 11.1 Å². The lowest BCUT2D eigenvalue weighted by molar-refractivity contribution is 0.470. The zero-order valence-corrected chi connectivity index (χ0v) is 13.2. The van der Waals surface area contributed by atoms with E-state index in [0.29, 0.717) is 13.1 Å². The average molecular weight is 315 g/mol. The predicted octanol–water partition coefficient (Wildman–Crippen LogP) is 1.13. The number of nitrogens with two attached hydrogens (primary N) is 2. The minimum Gasteiger partial charge on any atom is -0.508 e. The molecule has 0 amide bonds. The predicted molar refractivity (Wildman–Crippen MR) is 92.4 cm³/mol. The second-order valence-electron chi connectivity index (χ2n) is 5.84. The number of hydrogen-bond acceptors (Lipinski definition) is 5. The van der Waals surface area contributed by atoms with Crippen molar-refractivity contribution in [2.75, 3.05) is 13.1 Å². The molecule has 0 aliphatic rings. The van der Waals surface area contributed by atoms with Crippen LogP contribution in [0.15, 0.2) is 48.5 Å². The van der Waals surface area contributed by atoms with Crippen molar-refractivity contribution in [3.05, 3.63) is 59.7 Å². The molecule has 0 aliphatic heterocycles. The van der Waals surface area contributed by atoms with E-state index < -0.39 is 0 Å². The first-order valence-electron chi connectivity index (χ1n) is 7.81. The van der Waals surface area contributed by atoms with Crippen molar-refractivity contribution in [2.24, 2.45) is 11.5 Å². The lowest BCUT2D eigenvalue weighted by Crippen LogP contribution is -2.44.